The molecule has 0 saturated heterocycles. The fraction of sp³-hybridized carbons (Fsp3) is 0.367. The highest BCUT2D eigenvalue weighted by atomic mass is 16.5. The molecule has 3 aromatic rings. The molecule has 5 atom stereocenters. The fourth-order valence-electron chi connectivity index (χ4n) is 6.86. The molecule has 38 heavy (non-hydrogen) atoms. The lowest BCUT2D eigenvalue weighted by atomic mass is 9.62. The van der Waals surface area contributed by atoms with Crippen molar-refractivity contribution in [2.75, 3.05) is 35.4 Å². The van der Waals surface area contributed by atoms with Gasteiger partial charge in [-0.1, -0.05) is 36.4 Å². The van der Waals surface area contributed by atoms with Crippen LogP contribution < -0.4 is 14.2 Å². The fourth-order valence-corrected chi connectivity index (χ4v) is 6.86. The Hall–Kier alpha value is -3.75. The minimum absolute atomic E-state index is 0.106. The standard InChI is InChI=1S/C30H33NO7/c1-31(2)28(34)24-26(17-9-7-6-8-10-17)29(19-11-12-22(37-4)21(32)14-19)16-18-13-20(36-3)15-23(38-5)25(18)30(29,35)27(24)33/h6-15,24,26-27,32-33,35H,16H2,1-5H3/t24-,26-,27-,29-,30+/m1/s1. The summed E-state index contributed by atoms with van der Waals surface area (Å²) in [6, 6.07) is 17.9. The van der Waals surface area contributed by atoms with E-state index in [1.54, 1.807) is 45.5 Å². The molecule has 5 rings (SSSR count). The van der Waals surface area contributed by atoms with Crippen molar-refractivity contribution in [1.29, 1.82) is 0 Å². The van der Waals surface area contributed by atoms with Gasteiger partial charge in [-0.25, -0.2) is 0 Å². The summed E-state index contributed by atoms with van der Waals surface area (Å²) in [5, 5.41) is 35.9. The van der Waals surface area contributed by atoms with E-state index >= 15 is 0 Å². The second kappa shape index (κ2) is 9.22. The van der Waals surface area contributed by atoms with Crippen LogP contribution in [0.4, 0.5) is 0 Å². The SMILES string of the molecule is COc1cc2c(c(OC)c1)[C@]1(O)[C@H](O)[C@H](C(=O)N(C)C)[C@@H](c3ccccc3)[C@]1(c1ccc(OC)c(O)c1)C2. The molecule has 8 heteroatoms. The molecule has 8 nitrogen and oxygen atoms in total. The van der Waals surface area contributed by atoms with Crippen LogP contribution in [0.15, 0.2) is 60.7 Å². The van der Waals surface area contributed by atoms with Crippen LogP contribution in [0.1, 0.15) is 28.2 Å². The molecule has 0 radical (unpaired) electrons. The zero-order valence-corrected chi connectivity index (χ0v) is 22.1. The van der Waals surface area contributed by atoms with E-state index in [2.05, 4.69) is 0 Å². The van der Waals surface area contributed by atoms with E-state index in [4.69, 9.17) is 14.2 Å². The summed E-state index contributed by atoms with van der Waals surface area (Å²) in [6.45, 7) is 0. The van der Waals surface area contributed by atoms with Crippen LogP contribution in [0.25, 0.3) is 0 Å². The van der Waals surface area contributed by atoms with E-state index in [-0.39, 0.29) is 23.8 Å². The first-order valence-corrected chi connectivity index (χ1v) is 12.4. The quantitative estimate of drug-likeness (QED) is 0.460. The predicted molar refractivity (Wildman–Crippen MR) is 141 cm³/mol. The number of hydrogen-bond acceptors (Lipinski definition) is 7. The highest BCUT2D eigenvalue weighted by molar-refractivity contribution is 5.83. The molecule has 0 spiro atoms. The summed E-state index contributed by atoms with van der Waals surface area (Å²) < 4.78 is 16.5. The van der Waals surface area contributed by atoms with E-state index in [0.29, 0.717) is 22.6 Å². The lowest BCUT2D eigenvalue weighted by Gasteiger charge is -2.43. The molecule has 0 bridgehead atoms. The molecule has 1 fully saturated rings. The van der Waals surface area contributed by atoms with Crippen LogP contribution in [0.5, 0.6) is 23.0 Å². The number of carbonyl (C=O) groups excluding carboxylic acids is 1. The van der Waals surface area contributed by atoms with E-state index < -0.39 is 29.0 Å². The topological polar surface area (TPSA) is 109 Å². The van der Waals surface area contributed by atoms with Gasteiger partial charge in [0.2, 0.25) is 5.91 Å². The second-order valence-corrected chi connectivity index (χ2v) is 10.3. The van der Waals surface area contributed by atoms with Crippen molar-refractivity contribution in [2.24, 2.45) is 5.92 Å². The highest BCUT2D eigenvalue weighted by Gasteiger charge is 2.75. The monoisotopic (exact) mass is 519 g/mol. The number of phenols is 1. The Morgan fingerprint density at radius 3 is 2.21 bits per heavy atom. The van der Waals surface area contributed by atoms with Gasteiger partial charge in [0.25, 0.3) is 0 Å². The van der Waals surface area contributed by atoms with Crippen molar-refractivity contribution in [3.05, 3.63) is 82.9 Å². The molecule has 0 aromatic heterocycles. The lowest BCUT2D eigenvalue weighted by molar-refractivity contribution is -0.142. The average Bonchev–Trinajstić information content (AvgIpc) is 3.30. The van der Waals surface area contributed by atoms with Gasteiger partial charge >= 0.3 is 0 Å². The van der Waals surface area contributed by atoms with Gasteiger partial charge in [0.05, 0.1) is 27.2 Å². The molecule has 1 amide bonds. The van der Waals surface area contributed by atoms with Gasteiger partial charge in [0, 0.05) is 37.1 Å². The molecular weight excluding hydrogens is 486 g/mol. The summed E-state index contributed by atoms with van der Waals surface area (Å²) in [4.78, 5) is 15.2. The number of carbonyl (C=O) groups is 1. The van der Waals surface area contributed by atoms with Crippen LogP contribution in [-0.2, 0) is 22.2 Å². The molecule has 2 aliphatic rings. The number of benzene rings is 3. The van der Waals surface area contributed by atoms with E-state index in [0.717, 1.165) is 11.1 Å². The van der Waals surface area contributed by atoms with E-state index in [1.165, 1.54) is 19.1 Å². The Labute approximate surface area is 222 Å². The molecule has 1 saturated carbocycles. The van der Waals surface area contributed by atoms with Crippen LogP contribution in [0.3, 0.4) is 0 Å². The number of nitrogens with zero attached hydrogens (tertiary/aromatic N) is 1. The molecular formula is C30H33NO7. The number of methoxy groups -OCH3 is 3. The van der Waals surface area contributed by atoms with Crippen molar-refractivity contribution in [2.45, 2.75) is 29.5 Å². The number of amides is 1. The average molecular weight is 520 g/mol. The Balaban J connectivity index is 1.91. The zero-order valence-electron chi connectivity index (χ0n) is 22.1. The first kappa shape index (κ1) is 25.9. The third kappa shape index (κ3) is 3.33. The summed E-state index contributed by atoms with van der Waals surface area (Å²) >= 11 is 0. The number of hydrogen-bond donors (Lipinski definition) is 3. The number of fused-ring (bicyclic) bond motifs is 3. The van der Waals surface area contributed by atoms with Gasteiger partial charge in [-0.2, -0.15) is 0 Å². The van der Waals surface area contributed by atoms with Crippen LogP contribution in [0, 0.1) is 5.92 Å². The van der Waals surface area contributed by atoms with E-state index in [9.17, 15) is 20.1 Å². The number of rotatable bonds is 6. The molecule has 0 unspecified atom stereocenters. The molecule has 3 N–H and O–H groups in total. The van der Waals surface area contributed by atoms with Gasteiger partial charge in [0.1, 0.15) is 23.2 Å². The van der Waals surface area contributed by atoms with Gasteiger partial charge < -0.3 is 34.4 Å². The molecule has 3 aromatic carbocycles. The highest BCUT2D eigenvalue weighted by Crippen LogP contribution is 2.70. The largest absolute Gasteiger partial charge is 0.504 e. The maximum absolute atomic E-state index is 13.8. The van der Waals surface area contributed by atoms with Gasteiger partial charge in [0.15, 0.2) is 11.5 Å². The third-order valence-electron chi connectivity index (χ3n) is 8.38. The van der Waals surface area contributed by atoms with Crippen LogP contribution in [-0.4, -0.2) is 67.7 Å². The van der Waals surface area contributed by atoms with Crippen molar-refractivity contribution in [1.82, 2.24) is 4.90 Å². The molecule has 0 aliphatic heterocycles. The van der Waals surface area contributed by atoms with Crippen LogP contribution >= 0.6 is 0 Å². The minimum Gasteiger partial charge on any atom is -0.504 e. The Bertz CT molecular complexity index is 1370. The maximum atomic E-state index is 13.8. The Morgan fingerprint density at radius 1 is 0.947 bits per heavy atom. The van der Waals surface area contributed by atoms with Crippen LogP contribution in [0.2, 0.25) is 0 Å². The summed E-state index contributed by atoms with van der Waals surface area (Å²) in [6.07, 6.45) is -1.23. The summed E-state index contributed by atoms with van der Waals surface area (Å²) in [7, 11) is 7.79. The number of aliphatic hydroxyl groups excluding tert-OH is 1. The normalized spacial score (nSPS) is 27.4. The minimum atomic E-state index is -1.95. The smallest absolute Gasteiger partial charge is 0.228 e. The Morgan fingerprint density at radius 2 is 1.63 bits per heavy atom. The number of ether oxygens (including phenoxy) is 3. The van der Waals surface area contributed by atoms with Gasteiger partial charge in [-0.3, -0.25) is 4.79 Å². The zero-order chi connectivity index (χ0) is 27.4. The molecule has 2 aliphatic carbocycles. The molecule has 0 heterocycles. The van der Waals surface area contributed by atoms with Crippen molar-refractivity contribution < 1.29 is 34.3 Å². The van der Waals surface area contributed by atoms with Crippen molar-refractivity contribution in [3.63, 3.8) is 0 Å². The summed E-state index contributed by atoms with van der Waals surface area (Å²) in [5.74, 6) is -0.879. The first-order valence-electron chi connectivity index (χ1n) is 12.4. The molecule has 200 valence electrons. The Kier molecular flexibility index (Phi) is 6.28. The van der Waals surface area contributed by atoms with Crippen molar-refractivity contribution >= 4 is 5.91 Å². The van der Waals surface area contributed by atoms with Gasteiger partial charge in [-0.15, -0.1) is 0 Å². The predicted octanol–water partition coefficient (Wildman–Crippen LogP) is 2.96. The van der Waals surface area contributed by atoms with Gasteiger partial charge in [-0.05, 0) is 41.3 Å². The number of phenolic OH excluding ortho intramolecular Hbond substituents is 1. The van der Waals surface area contributed by atoms with E-state index in [1.807, 2.05) is 36.4 Å². The first-order chi connectivity index (χ1) is 18.1. The number of aromatic hydroxyl groups is 1. The lowest BCUT2D eigenvalue weighted by Crippen LogP contribution is -2.50. The van der Waals surface area contributed by atoms with Crippen molar-refractivity contribution in [3.8, 4) is 23.0 Å². The third-order valence-corrected chi connectivity index (χ3v) is 8.38. The number of aliphatic hydroxyl groups is 2. The summed E-state index contributed by atoms with van der Waals surface area (Å²) in [5.41, 5.74) is -0.698. The second-order valence-electron chi connectivity index (χ2n) is 10.3. The maximum Gasteiger partial charge on any atom is 0.228 e.